The fourth-order valence-electron chi connectivity index (χ4n) is 3.26. The van der Waals surface area contributed by atoms with Gasteiger partial charge in [0.05, 0.1) is 12.1 Å². The number of benzene rings is 2. The number of hydrogen-bond donors (Lipinski definition) is 2. The standard InChI is InChI=1S/C20H23ClN2O2/c1-25-18-12-11-16(13-17(18)21)23-20(24)19(14-7-3-2-4-8-14)22-15-9-5-6-10-15/h2-4,7-8,11-13,15,19,22H,5-6,9-10H2,1H3,(H,23,24)/t19-/m0/s1. The molecule has 1 atom stereocenters. The van der Waals surface area contributed by atoms with Gasteiger partial charge in [0.15, 0.2) is 0 Å². The van der Waals surface area contributed by atoms with Gasteiger partial charge in [-0.2, -0.15) is 0 Å². The molecule has 5 heteroatoms. The molecular weight excluding hydrogens is 336 g/mol. The molecule has 2 N–H and O–H groups in total. The Labute approximate surface area is 153 Å². The van der Waals surface area contributed by atoms with Crippen molar-refractivity contribution < 1.29 is 9.53 Å². The van der Waals surface area contributed by atoms with Gasteiger partial charge >= 0.3 is 0 Å². The van der Waals surface area contributed by atoms with E-state index < -0.39 is 0 Å². The maximum Gasteiger partial charge on any atom is 0.246 e. The Morgan fingerprint density at radius 2 is 1.88 bits per heavy atom. The summed E-state index contributed by atoms with van der Waals surface area (Å²) in [7, 11) is 1.57. The van der Waals surface area contributed by atoms with Crippen LogP contribution >= 0.6 is 11.6 Å². The lowest BCUT2D eigenvalue weighted by molar-refractivity contribution is -0.118. The summed E-state index contributed by atoms with van der Waals surface area (Å²) in [5, 5.41) is 6.96. The van der Waals surface area contributed by atoms with Gasteiger partial charge in [0.25, 0.3) is 0 Å². The van der Waals surface area contributed by atoms with E-state index in [-0.39, 0.29) is 11.9 Å². The molecule has 0 unspecified atom stereocenters. The highest BCUT2D eigenvalue weighted by molar-refractivity contribution is 6.32. The minimum absolute atomic E-state index is 0.0840. The van der Waals surface area contributed by atoms with Crippen molar-refractivity contribution in [2.24, 2.45) is 0 Å². The lowest BCUT2D eigenvalue weighted by atomic mass is 10.0. The van der Waals surface area contributed by atoms with Crippen LogP contribution in [0.5, 0.6) is 5.75 Å². The molecule has 0 saturated heterocycles. The van der Waals surface area contributed by atoms with E-state index in [1.807, 2.05) is 30.3 Å². The zero-order valence-electron chi connectivity index (χ0n) is 14.3. The quantitative estimate of drug-likeness (QED) is 0.795. The maximum atomic E-state index is 12.9. The number of carbonyl (C=O) groups excluding carboxylic acids is 1. The van der Waals surface area contributed by atoms with Crippen molar-refractivity contribution in [2.45, 2.75) is 37.8 Å². The van der Waals surface area contributed by atoms with E-state index in [1.54, 1.807) is 25.3 Å². The third-order valence-electron chi connectivity index (χ3n) is 4.57. The first-order chi connectivity index (χ1) is 12.2. The fourth-order valence-corrected chi connectivity index (χ4v) is 3.51. The van der Waals surface area contributed by atoms with Crippen LogP contribution in [0.4, 0.5) is 5.69 Å². The van der Waals surface area contributed by atoms with Crippen LogP contribution in [0, 0.1) is 0 Å². The maximum absolute atomic E-state index is 12.9. The summed E-state index contributed by atoms with van der Waals surface area (Å²) in [6.45, 7) is 0. The van der Waals surface area contributed by atoms with Gasteiger partial charge in [-0.3, -0.25) is 10.1 Å². The number of rotatable bonds is 6. The fraction of sp³-hybridized carbons (Fsp3) is 0.350. The molecule has 0 radical (unpaired) electrons. The first kappa shape index (κ1) is 17.8. The highest BCUT2D eigenvalue weighted by Gasteiger charge is 2.25. The average Bonchev–Trinajstić information content (AvgIpc) is 3.14. The summed E-state index contributed by atoms with van der Waals surface area (Å²) in [4.78, 5) is 12.9. The Kier molecular flexibility index (Phi) is 5.95. The zero-order valence-corrected chi connectivity index (χ0v) is 15.1. The topological polar surface area (TPSA) is 50.4 Å². The van der Waals surface area contributed by atoms with Crippen LogP contribution < -0.4 is 15.4 Å². The van der Waals surface area contributed by atoms with Gasteiger partial charge in [-0.25, -0.2) is 0 Å². The van der Waals surface area contributed by atoms with Crippen molar-refractivity contribution in [3.05, 3.63) is 59.1 Å². The van der Waals surface area contributed by atoms with Crippen LogP contribution in [0.1, 0.15) is 37.3 Å². The van der Waals surface area contributed by atoms with Crippen molar-refractivity contribution in [3.8, 4) is 5.75 Å². The van der Waals surface area contributed by atoms with Gasteiger partial charge in [-0.1, -0.05) is 54.8 Å². The number of halogens is 1. The first-order valence-electron chi connectivity index (χ1n) is 8.63. The predicted octanol–water partition coefficient (Wildman–Crippen LogP) is 4.56. The highest BCUT2D eigenvalue weighted by Crippen LogP contribution is 2.28. The van der Waals surface area contributed by atoms with E-state index in [2.05, 4.69) is 10.6 Å². The van der Waals surface area contributed by atoms with E-state index in [4.69, 9.17) is 16.3 Å². The molecule has 25 heavy (non-hydrogen) atoms. The third kappa shape index (κ3) is 4.53. The van der Waals surface area contributed by atoms with Crippen LogP contribution in [0.25, 0.3) is 0 Å². The molecule has 1 fully saturated rings. The van der Waals surface area contributed by atoms with Gasteiger partial charge in [-0.05, 0) is 36.6 Å². The van der Waals surface area contributed by atoms with Gasteiger partial charge in [0.1, 0.15) is 11.8 Å². The second kappa shape index (κ2) is 8.37. The normalized spacial score (nSPS) is 15.8. The molecule has 132 valence electrons. The molecule has 4 nitrogen and oxygen atoms in total. The molecule has 1 aliphatic carbocycles. The summed E-state index contributed by atoms with van der Waals surface area (Å²) in [6.07, 6.45) is 4.67. The molecule has 0 heterocycles. The lowest BCUT2D eigenvalue weighted by Gasteiger charge is -2.23. The second-order valence-corrected chi connectivity index (χ2v) is 6.74. The minimum atomic E-state index is -0.384. The molecule has 1 amide bonds. The molecule has 0 aromatic heterocycles. The van der Waals surface area contributed by atoms with Crippen LogP contribution in [-0.2, 0) is 4.79 Å². The van der Waals surface area contributed by atoms with Crippen LogP contribution in [0.3, 0.4) is 0 Å². The van der Waals surface area contributed by atoms with Crippen molar-refractivity contribution in [3.63, 3.8) is 0 Å². The van der Waals surface area contributed by atoms with Gasteiger partial charge < -0.3 is 10.1 Å². The molecule has 1 saturated carbocycles. The number of carbonyl (C=O) groups is 1. The molecular formula is C20H23ClN2O2. The first-order valence-corrected chi connectivity index (χ1v) is 9.00. The summed E-state index contributed by atoms with van der Waals surface area (Å²) in [5.74, 6) is 0.502. The highest BCUT2D eigenvalue weighted by atomic mass is 35.5. The van der Waals surface area contributed by atoms with Gasteiger partial charge in [0, 0.05) is 11.7 Å². The molecule has 0 bridgehead atoms. The second-order valence-electron chi connectivity index (χ2n) is 6.33. The number of nitrogens with one attached hydrogen (secondary N) is 2. The summed E-state index contributed by atoms with van der Waals surface area (Å²) in [5.41, 5.74) is 1.62. The molecule has 3 rings (SSSR count). The monoisotopic (exact) mass is 358 g/mol. The average molecular weight is 359 g/mol. The van der Waals surface area contributed by atoms with Crippen molar-refractivity contribution >= 4 is 23.2 Å². The number of anilines is 1. The van der Waals surface area contributed by atoms with Gasteiger partial charge in [0.2, 0.25) is 5.91 Å². The largest absolute Gasteiger partial charge is 0.495 e. The molecule has 0 spiro atoms. The molecule has 0 aliphatic heterocycles. The van der Waals surface area contributed by atoms with E-state index in [9.17, 15) is 4.79 Å². The molecule has 1 aliphatic rings. The van der Waals surface area contributed by atoms with Crippen molar-refractivity contribution in [1.29, 1.82) is 0 Å². The Morgan fingerprint density at radius 1 is 1.16 bits per heavy atom. The van der Waals surface area contributed by atoms with Gasteiger partial charge in [-0.15, -0.1) is 0 Å². The number of methoxy groups -OCH3 is 1. The minimum Gasteiger partial charge on any atom is -0.495 e. The Morgan fingerprint density at radius 3 is 2.52 bits per heavy atom. The van der Waals surface area contributed by atoms with Crippen LogP contribution in [0.2, 0.25) is 5.02 Å². The van der Waals surface area contributed by atoms with E-state index in [1.165, 1.54) is 12.8 Å². The summed E-state index contributed by atoms with van der Waals surface area (Å²) < 4.78 is 5.15. The lowest BCUT2D eigenvalue weighted by Crippen LogP contribution is -2.38. The van der Waals surface area contributed by atoms with E-state index in [0.717, 1.165) is 18.4 Å². The zero-order chi connectivity index (χ0) is 17.6. The number of amides is 1. The molecule has 2 aromatic rings. The van der Waals surface area contributed by atoms with E-state index in [0.29, 0.717) is 22.5 Å². The summed E-state index contributed by atoms with van der Waals surface area (Å²) >= 11 is 6.16. The van der Waals surface area contributed by atoms with Crippen molar-refractivity contribution in [1.82, 2.24) is 5.32 Å². The van der Waals surface area contributed by atoms with Crippen LogP contribution in [-0.4, -0.2) is 19.1 Å². The Bertz CT molecular complexity index is 715. The predicted molar refractivity (Wildman–Crippen MR) is 101 cm³/mol. The van der Waals surface area contributed by atoms with Crippen LogP contribution in [0.15, 0.2) is 48.5 Å². The summed E-state index contributed by atoms with van der Waals surface area (Å²) in [6, 6.07) is 15.1. The SMILES string of the molecule is COc1ccc(NC(=O)[C@@H](NC2CCCC2)c2ccccc2)cc1Cl. The Hall–Kier alpha value is -2.04. The third-order valence-corrected chi connectivity index (χ3v) is 4.87. The van der Waals surface area contributed by atoms with E-state index >= 15 is 0 Å². The number of ether oxygens (including phenoxy) is 1. The van der Waals surface area contributed by atoms with Crippen molar-refractivity contribution in [2.75, 3.05) is 12.4 Å². The smallest absolute Gasteiger partial charge is 0.246 e. The Balaban J connectivity index is 1.77. The number of hydrogen-bond acceptors (Lipinski definition) is 3. The molecule has 2 aromatic carbocycles.